The lowest BCUT2D eigenvalue weighted by molar-refractivity contribution is 0.0693. The van der Waals surface area contributed by atoms with Gasteiger partial charge < -0.3 is 9.84 Å². The average Bonchev–Trinajstić information content (AvgIpc) is 2.46. The predicted octanol–water partition coefficient (Wildman–Crippen LogP) is 3.45. The van der Waals surface area contributed by atoms with Crippen LogP contribution in [0.3, 0.4) is 0 Å². The molecule has 0 saturated heterocycles. The maximum absolute atomic E-state index is 11.1. The second-order valence-electron chi connectivity index (χ2n) is 4.31. The zero-order chi connectivity index (χ0) is 14.5. The van der Waals surface area contributed by atoms with Crippen LogP contribution >= 0.6 is 0 Å². The second-order valence-corrected chi connectivity index (χ2v) is 4.31. The Balaban J connectivity index is 2.33. The molecular formula is C16H15NO3. The van der Waals surface area contributed by atoms with Crippen molar-refractivity contribution < 1.29 is 14.6 Å². The number of carbonyl (C=O) groups is 1. The molecule has 0 fully saturated rings. The van der Waals surface area contributed by atoms with Crippen LogP contribution < -0.4 is 4.74 Å². The fourth-order valence-corrected chi connectivity index (χ4v) is 1.83. The predicted molar refractivity (Wildman–Crippen MR) is 78.4 cm³/mol. The van der Waals surface area contributed by atoms with E-state index >= 15 is 0 Å². The van der Waals surface area contributed by atoms with Gasteiger partial charge in [0.25, 0.3) is 0 Å². The summed E-state index contributed by atoms with van der Waals surface area (Å²) in [5, 5.41) is 9.13. The highest BCUT2D eigenvalue weighted by Crippen LogP contribution is 2.20. The first-order chi connectivity index (χ1) is 9.61. The van der Waals surface area contributed by atoms with Gasteiger partial charge >= 0.3 is 5.97 Å². The van der Waals surface area contributed by atoms with Crippen LogP contribution in [0.15, 0.2) is 47.5 Å². The van der Waals surface area contributed by atoms with E-state index in [4.69, 9.17) is 9.84 Å². The number of methoxy groups -OCH3 is 1. The second kappa shape index (κ2) is 6.02. The monoisotopic (exact) mass is 269 g/mol. The summed E-state index contributed by atoms with van der Waals surface area (Å²) < 4.78 is 5.02. The topological polar surface area (TPSA) is 58.9 Å². The Hall–Kier alpha value is -2.62. The molecule has 0 atom stereocenters. The van der Waals surface area contributed by atoms with Crippen molar-refractivity contribution in [3.8, 4) is 5.75 Å². The molecule has 102 valence electrons. The van der Waals surface area contributed by atoms with Crippen molar-refractivity contribution in [1.82, 2.24) is 0 Å². The van der Waals surface area contributed by atoms with Crippen LogP contribution in [0, 0.1) is 6.92 Å². The van der Waals surface area contributed by atoms with Crippen LogP contribution in [0.1, 0.15) is 21.5 Å². The lowest BCUT2D eigenvalue weighted by Gasteiger charge is -2.05. The standard InChI is InChI=1S/C16H15NO3/c1-11-5-3-4-6-14(11)17-10-12-7-8-15(20-2)13(9-12)16(18)19/h3-10H,1-2H3,(H,18,19). The van der Waals surface area contributed by atoms with E-state index in [2.05, 4.69) is 4.99 Å². The number of rotatable bonds is 4. The van der Waals surface area contributed by atoms with Crippen molar-refractivity contribution in [2.45, 2.75) is 6.92 Å². The third-order valence-electron chi connectivity index (χ3n) is 2.92. The third kappa shape index (κ3) is 3.03. The highest BCUT2D eigenvalue weighted by molar-refractivity contribution is 5.94. The van der Waals surface area contributed by atoms with Gasteiger partial charge in [0, 0.05) is 6.21 Å². The summed E-state index contributed by atoms with van der Waals surface area (Å²) in [6.07, 6.45) is 1.65. The van der Waals surface area contributed by atoms with E-state index < -0.39 is 5.97 Å². The van der Waals surface area contributed by atoms with Crippen LogP contribution in [-0.4, -0.2) is 24.4 Å². The van der Waals surface area contributed by atoms with E-state index in [0.29, 0.717) is 11.3 Å². The zero-order valence-electron chi connectivity index (χ0n) is 11.3. The van der Waals surface area contributed by atoms with E-state index in [1.54, 1.807) is 24.4 Å². The van der Waals surface area contributed by atoms with E-state index in [9.17, 15) is 4.79 Å². The molecule has 0 saturated carbocycles. The van der Waals surface area contributed by atoms with Crippen molar-refractivity contribution in [2.75, 3.05) is 7.11 Å². The number of ether oxygens (including phenoxy) is 1. The van der Waals surface area contributed by atoms with Gasteiger partial charge in [0.05, 0.1) is 12.8 Å². The van der Waals surface area contributed by atoms with Gasteiger partial charge in [0.2, 0.25) is 0 Å². The molecule has 0 bridgehead atoms. The Morgan fingerprint density at radius 2 is 2.00 bits per heavy atom. The highest BCUT2D eigenvalue weighted by atomic mass is 16.5. The molecule has 0 aliphatic carbocycles. The van der Waals surface area contributed by atoms with Gasteiger partial charge in [0.1, 0.15) is 11.3 Å². The lowest BCUT2D eigenvalue weighted by atomic mass is 10.1. The minimum absolute atomic E-state index is 0.126. The molecule has 2 aromatic carbocycles. The maximum Gasteiger partial charge on any atom is 0.339 e. The van der Waals surface area contributed by atoms with Gasteiger partial charge in [-0.3, -0.25) is 4.99 Å². The van der Waals surface area contributed by atoms with Crippen molar-refractivity contribution in [2.24, 2.45) is 4.99 Å². The number of aliphatic imine (C=N–C) groups is 1. The van der Waals surface area contributed by atoms with E-state index in [1.165, 1.54) is 7.11 Å². The average molecular weight is 269 g/mol. The van der Waals surface area contributed by atoms with Crippen molar-refractivity contribution in [1.29, 1.82) is 0 Å². The number of aromatic carboxylic acids is 1. The molecule has 2 rings (SSSR count). The molecule has 0 aliphatic rings. The summed E-state index contributed by atoms with van der Waals surface area (Å²) in [7, 11) is 1.45. The number of aryl methyl sites for hydroxylation is 1. The van der Waals surface area contributed by atoms with Gasteiger partial charge in [-0.1, -0.05) is 18.2 Å². The Kier molecular flexibility index (Phi) is 4.15. The molecule has 0 amide bonds. The van der Waals surface area contributed by atoms with E-state index in [0.717, 1.165) is 11.3 Å². The van der Waals surface area contributed by atoms with Gasteiger partial charge in [-0.2, -0.15) is 0 Å². The largest absolute Gasteiger partial charge is 0.496 e. The van der Waals surface area contributed by atoms with E-state index in [1.807, 2.05) is 31.2 Å². The summed E-state index contributed by atoms with van der Waals surface area (Å²) in [5.74, 6) is -0.682. The SMILES string of the molecule is COc1ccc(C=Nc2ccccc2C)cc1C(=O)O. The van der Waals surface area contributed by atoms with Gasteiger partial charge in [-0.15, -0.1) is 0 Å². The quantitative estimate of drug-likeness (QED) is 0.865. The zero-order valence-corrected chi connectivity index (χ0v) is 11.3. The number of carboxylic acid groups (broad SMARTS) is 1. The molecule has 0 unspecified atom stereocenters. The first-order valence-electron chi connectivity index (χ1n) is 6.13. The first-order valence-corrected chi connectivity index (χ1v) is 6.13. The van der Waals surface area contributed by atoms with Gasteiger partial charge in [-0.25, -0.2) is 4.79 Å². The summed E-state index contributed by atoms with van der Waals surface area (Å²) in [4.78, 5) is 15.5. The van der Waals surface area contributed by atoms with Crippen LogP contribution in [0.5, 0.6) is 5.75 Å². The summed E-state index contributed by atoms with van der Waals surface area (Å²) in [5.41, 5.74) is 2.77. The smallest absolute Gasteiger partial charge is 0.339 e. The number of hydrogen-bond donors (Lipinski definition) is 1. The number of benzene rings is 2. The lowest BCUT2D eigenvalue weighted by Crippen LogP contribution is -2.01. The fourth-order valence-electron chi connectivity index (χ4n) is 1.83. The molecule has 0 aromatic heterocycles. The van der Waals surface area contributed by atoms with Crippen molar-refractivity contribution in [3.63, 3.8) is 0 Å². The minimum atomic E-state index is -1.02. The molecule has 4 nitrogen and oxygen atoms in total. The third-order valence-corrected chi connectivity index (χ3v) is 2.92. The highest BCUT2D eigenvalue weighted by Gasteiger charge is 2.10. The number of nitrogens with zero attached hydrogens (tertiary/aromatic N) is 1. The molecule has 0 spiro atoms. The van der Waals surface area contributed by atoms with Crippen molar-refractivity contribution in [3.05, 3.63) is 59.2 Å². The normalized spacial score (nSPS) is 10.7. The number of carboxylic acids is 1. The van der Waals surface area contributed by atoms with Gasteiger partial charge in [-0.05, 0) is 42.3 Å². The molecule has 20 heavy (non-hydrogen) atoms. The first kappa shape index (κ1) is 13.8. The molecule has 1 N–H and O–H groups in total. The van der Waals surface area contributed by atoms with Crippen molar-refractivity contribution >= 4 is 17.9 Å². The van der Waals surface area contributed by atoms with E-state index in [-0.39, 0.29) is 5.56 Å². The fraction of sp³-hybridized carbons (Fsp3) is 0.125. The Labute approximate surface area is 117 Å². The molecule has 2 aromatic rings. The Bertz CT molecular complexity index is 663. The Morgan fingerprint density at radius 1 is 1.25 bits per heavy atom. The van der Waals surface area contributed by atoms with Crippen LogP contribution in [0.4, 0.5) is 5.69 Å². The Morgan fingerprint density at radius 3 is 2.65 bits per heavy atom. The maximum atomic E-state index is 11.1. The summed E-state index contributed by atoms with van der Waals surface area (Å²) in [6, 6.07) is 12.7. The molecule has 4 heteroatoms. The number of para-hydroxylation sites is 1. The summed E-state index contributed by atoms with van der Waals surface area (Å²) >= 11 is 0. The molecular weight excluding hydrogens is 254 g/mol. The molecule has 0 heterocycles. The van der Waals surface area contributed by atoms with Crippen LogP contribution in [0.25, 0.3) is 0 Å². The summed E-state index contributed by atoms with van der Waals surface area (Å²) in [6.45, 7) is 1.98. The van der Waals surface area contributed by atoms with Gasteiger partial charge in [0.15, 0.2) is 0 Å². The molecule has 0 aliphatic heterocycles. The van der Waals surface area contributed by atoms with Crippen LogP contribution in [-0.2, 0) is 0 Å². The number of hydrogen-bond acceptors (Lipinski definition) is 3. The minimum Gasteiger partial charge on any atom is -0.496 e. The molecule has 0 radical (unpaired) electrons. The van der Waals surface area contributed by atoms with Crippen LogP contribution in [0.2, 0.25) is 0 Å².